The molecule has 39 heavy (non-hydrogen) atoms. The van der Waals surface area contributed by atoms with E-state index in [9.17, 15) is 9.90 Å². The van der Waals surface area contributed by atoms with Gasteiger partial charge in [0.1, 0.15) is 17.1 Å². The van der Waals surface area contributed by atoms with Crippen LogP contribution in [0.4, 0.5) is 0 Å². The van der Waals surface area contributed by atoms with Crippen LogP contribution in [0.2, 0.25) is 0 Å². The van der Waals surface area contributed by atoms with Crippen molar-refractivity contribution in [3.05, 3.63) is 88.6 Å². The number of hydrogen-bond acceptors (Lipinski definition) is 4. The van der Waals surface area contributed by atoms with Gasteiger partial charge in [-0.15, -0.1) is 0 Å². The molecule has 6 rings (SSSR count). The van der Waals surface area contributed by atoms with Crippen LogP contribution in [0.1, 0.15) is 53.0 Å². The molecule has 0 saturated heterocycles. The second kappa shape index (κ2) is 9.62. The topological polar surface area (TPSA) is 87.5 Å². The van der Waals surface area contributed by atoms with Gasteiger partial charge in [0.25, 0.3) is 5.91 Å². The first-order chi connectivity index (χ1) is 18.7. The maximum absolute atomic E-state index is 13.9. The monoisotopic (exact) mass is 522 g/mol. The fourth-order valence-electron chi connectivity index (χ4n) is 5.90. The van der Waals surface area contributed by atoms with Crippen molar-refractivity contribution in [1.82, 2.24) is 10.3 Å². The summed E-state index contributed by atoms with van der Waals surface area (Å²) in [6.45, 7) is 7.94. The van der Waals surface area contributed by atoms with Gasteiger partial charge < -0.3 is 24.6 Å². The third-order valence-corrected chi connectivity index (χ3v) is 7.79. The molecule has 0 saturated carbocycles. The predicted molar refractivity (Wildman–Crippen MR) is 154 cm³/mol. The fraction of sp³-hybridized carbons (Fsp3) is 0.303. The molecule has 1 unspecified atom stereocenters. The minimum Gasteiger partial charge on any atom is -0.490 e. The molecule has 1 aliphatic rings. The molecule has 2 heterocycles. The Bertz CT molecular complexity index is 1680. The second-order valence-electron chi connectivity index (χ2n) is 11.2. The van der Waals surface area contributed by atoms with E-state index in [4.69, 9.17) is 9.15 Å². The first-order valence-corrected chi connectivity index (χ1v) is 13.6. The quantitative estimate of drug-likeness (QED) is 0.233. The zero-order valence-corrected chi connectivity index (χ0v) is 22.9. The number of aromatic nitrogens is 1. The Kier molecular flexibility index (Phi) is 6.23. The predicted octanol–water partition coefficient (Wildman–Crippen LogP) is 6.63. The van der Waals surface area contributed by atoms with E-state index in [2.05, 4.69) is 36.3 Å². The summed E-state index contributed by atoms with van der Waals surface area (Å²) in [6, 6.07) is 19.8. The molecule has 1 aliphatic carbocycles. The normalized spacial score (nSPS) is 17.1. The van der Waals surface area contributed by atoms with Crippen molar-refractivity contribution in [2.24, 2.45) is 0 Å². The number of aliphatic hydroxyl groups is 1. The van der Waals surface area contributed by atoms with Gasteiger partial charge in [0.2, 0.25) is 0 Å². The molecule has 6 nitrogen and oxygen atoms in total. The van der Waals surface area contributed by atoms with Gasteiger partial charge in [-0.2, -0.15) is 0 Å². The lowest BCUT2D eigenvalue weighted by molar-refractivity contribution is 0.0803. The molecule has 0 radical (unpaired) electrons. The molecule has 0 spiro atoms. The Balaban J connectivity index is 1.36. The van der Waals surface area contributed by atoms with E-state index in [0.29, 0.717) is 29.9 Å². The number of amides is 1. The van der Waals surface area contributed by atoms with Crippen molar-refractivity contribution in [1.29, 1.82) is 0 Å². The molecular formula is C33H34N2O4. The molecule has 0 aliphatic heterocycles. The molecule has 1 atom stereocenters. The zero-order valence-electron chi connectivity index (χ0n) is 22.9. The van der Waals surface area contributed by atoms with Crippen LogP contribution >= 0.6 is 0 Å². The van der Waals surface area contributed by atoms with Crippen LogP contribution in [0.3, 0.4) is 0 Å². The number of H-pyrrole nitrogens is 1. The van der Waals surface area contributed by atoms with Gasteiger partial charge in [0.05, 0.1) is 23.8 Å². The molecule has 3 N–H and O–H groups in total. The summed E-state index contributed by atoms with van der Waals surface area (Å²) in [5.74, 6) is 0.920. The van der Waals surface area contributed by atoms with E-state index in [-0.39, 0.29) is 18.6 Å². The Hall–Kier alpha value is -4.03. The molecule has 3 aromatic carbocycles. The molecule has 1 amide bonds. The summed E-state index contributed by atoms with van der Waals surface area (Å²) >= 11 is 0. The van der Waals surface area contributed by atoms with Gasteiger partial charge in [-0.05, 0) is 88.1 Å². The van der Waals surface area contributed by atoms with E-state index in [1.165, 1.54) is 27.8 Å². The number of ether oxygens (including phenoxy) is 1. The molecule has 5 aromatic rings. The third-order valence-electron chi connectivity index (χ3n) is 7.79. The number of aliphatic hydroxyl groups excluding tert-OH is 1. The van der Waals surface area contributed by atoms with E-state index in [1.54, 1.807) is 0 Å². The lowest BCUT2D eigenvalue weighted by Gasteiger charge is -2.37. The molecule has 2 aromatic heterocycles. The number of rotatable bonds is 6. The minimum absolute atomic E-state index is 0.102. The van der Waals surface area contributed by atoms with Crippen molar-refractivity contribution in [2.75, 3.05) is 6.61 Å². The number of carbonyl (C=O) groups is 1. The Morgan fingerprint density at radius 2 is 1.95 bits per heavy atom. The van der Waals surface area contributed by atoms with Crippen LogP contribution in [0.15, 0.2) is 65.1 Å². The molecule has 0 fully saturated rings. The average molecular weight is 523 g/mol. The number of carbonyl (C=O) groups excluding carboxylic acids is 1. The van der Waals surface area contributed by atoms with E-state index >= 15 is 0 Å². The summed E-state index contributed by atoms with van der Waals surface area (Å²) in [5.41, 5.74) is 7.13. The van der Waals surface area contributed by atoms with Gasteiger partial charge in [-0.1, -0.05) is 29.8 Å². The summed E-state index contributed by atoms with van der Waals surface area (Å²) in [4.78, 5) is 17.5. The van der Waals surface area contributed by atoms with Crippen molar-refractivity contribution >= 4 is 27.8 Å². The standard InChI is InChI=1S/C33H34N2O4/c1-19(2)38-29-10-9-23(30-16-22-7-5-6-8-28(22)39-30)15-25(29)32(37)35-33(18-36)12-11-27-26(17-33)24-14-20(3)13-21(4)31(24)34-27/h5-10,13-16,19,34,36H,11-12,17-18H2,1-4H3,(H,35,37). The van der Waals surface area contributed by atoms with Crippen LogP contribution in [-0.2, 0) is 12.8 Å². The number of furan rings is 1. The number of aryl methyl sites for hydroxylation is 3. The first-order valence-electron chi connectivity index (χ1n) is 13.6. The highest BCUT2D eigenvalue weighted by atomic mass is 16.5. The fourth-order valence-corrected chi connectivity index (χ4v) is 5.90. The Morgan fingerprint density at radius 1 is 1.13 bits per heavy atom. The summed E-state index contributed by atoms with van der Waals surface area (Å²) in [7, 11) is 0. The first kappa shape index (κ1) is 25.3. The maximum atomic E-state index is 13.9. The summed E-state index contributed by atoms with van der Waals surface area (Å²) in [5, 5.41) is 16.0. The SMILES string of the molecule is Cc1cc(C)c2[nH]c3c(c2c1)CC(CO)(NC(=O)c1cc(-c2cc4ccccc4o2)ccc1OC(C)C)CC3. The van der Waals surface area contributed by atoms with E-state index in [1.807, 2.05) is 62.4 Å². The lowest BCUT2D eigenvalue weighted by atomic mass is 9.79. The van der Waals surface area contributed by atoms with Crippen molar-refractivity contribution in [3.8, 4) is 17.1 Å². The van der Waals surface area contributed by atoms with Crippen LogP contribution in [-0.4, -0.2) is 34.2 Å². The summed E-state index contributed by atoms with van der Waals surface area (Å²) in [6.07, 6.45) is 1.83. The highest BCUT2D eigenvalue weighted by molar-refractivity contribution is 5.99. The van der Waals surface area contributed by atoms with Crippen LogP contribution in [0.5, 0.6) is 5.75 Å². The third kappa shape index (κ3) is 4.59. The van der Waals surface area contributed by atoms with Gasteiger partial charge in [-0.3, -0.25) is 4.79 Å². The molecule has 200 valence electrons. The zero-order chi connectivity index (χ0) is 27.3. The molecule has 0 bridgehead atoms. The number of aromatic amines is 1. The van der Waals surface area contributed by atoms with Crippen molar-refractivity contribution in [3.63, 3.8) is 0 Å². The number of fused-ring (bicyclic) bond motifs is 4. The number of benzene rings is 3. The highest BCUT2D eigenvalue weighted by Crippen LogP contribution is 2.37. The van der Waals surface area contributed by atoms with E-state index < -0.39 is 5.54 Å². The number of nitrogens with one attached hydrogen (secondary N) is 2. The highest BCUT2D eigenvalue weighted by Gasteiger charge is 2.38. The van der Waals surface area contributed by atoms with Gasteiger partial charge in [0.15, 0.2) is 0 Å². The second-order valence-corrected chi connectivity index (χ2v) is 11.2. The molecular weight excluding hydrogens is 488 g/mol. The Labute approximate surface area is 228 Å². The van der Waals surface area contributed by atoms with Gasteiger partial charge in [0, 0.05) is 34.0 Å². The van der Waals surface area contributed by atoms with Crippen LogP contribution in [0.25, 0.3) is 33.2 Å². The number of para-hydroxylation sites is 1. The largest absolute Gasteiger partial charge is 0.490 e. The van der Waals surface area contributed by atoms with Gasteiger partial charge >= 0.3 is 0 Å². The average Bonchev–Trinajstić information content (AvgIpc) is 3.50. The summed E-state index contributed by atoms with van der Waals surface area (Å²) < 4.78 is 12.1. The van der Waals surface area contributed by atoms with Gasteiger partial charge in [-0.25, -0.2) is 0 Å². The van der Waals surface area contributed by atoms with Crippen LogP contribution in [0, 0.1) is 13.8 Å². The minimum atomic E-state index is -0.776. The van der Waals surface area contributed by atoms with E-state index in [0.717, 1.165) is 28.5 Å². The number of hydrogen-bond donors (Lipinski definition) is 3. The molecule has 6 heteroatoms. The van der Waals surface area contributed by atoms with Crippen molar-refractivity contribution < 1.29 is 19.1 Å². The lowest BCUT2D eigenvalue weighted by Crippen LogP contribution is -2.54. The van der Waals surface area contributed by atoms with Crippen LogP contribution < -0.4 is 10.1 Å². The Morgan fingerprint density at radius 3 is 2.72 bits per heavy atom. The maximum Gasteiger partial charge on any atom is 0.255 e. The smallest absolute Gasteiger partial charge is 0.255 e. The van der Waals surface area contributed by atoms with Crippen molar-refractivity contribution in [2.45, 2.75) is 58.6 Å².